The second-order valence-electron chi connectivity index (χ2n) is 3.48. The summed E-state index contributed by atoms with van der Waals surface area (Å²) in [6.07, 6.45) is 0. The van der Waals surface area contributed by atoms with E-state index in [0.29, 0.717) is 37.8 Å². The molecule has 0 spiro atoms. The number of carbonyl (C=O) groups excluding carboxylic acids is 1. The minimum atomic E-state index is -0.164. The quantitative estimate of drug-likeness (QED) is 0.686. The van der Waals surface area contributed by atoms with Gasteiger partial charge in [0.15, 0.2) is 0 Å². The molecular weight excluding hydrogens is 224 g/mol. The summed E-state index contributed by atoms with van der Waals surface area (Å²) in [6.45, 7) is 1.94. The second kappa shape index (κ2) is 6.87. The summed E-state index contributed by atoms with van der Waals surface area (Å²) in [7, 11) is 3.18. The van der Waals surface area contributed by atoms with Gasteiger partial charge >= 0.3 is 0 Å². The number of hydrogen-bond donors (Lipinski definition) is 2. The lowest BCUT2D eigenvalue weighted by molar-refractivity contribution is 0.0622. The van der Waals surface area contributed by atoms with Crippen molar-refractivity contribution >= 4 is 11.7 Å². The first-order valence-corrected chi connectivity index (χ1v) is 5.27. The summed E-state index contributed by atoms with van der Waals surface area (Å²) in [4.78, 5) is 13.7. The van der Waals surface area contributed by atoms with Crippen molar-refractivity contribution in [2.75, 3.05) is 46.3 Å². The van der Waals surface area contributed by atoms with Crippen LogP contribution in [-0.4, -0.2) is 61.5 Å². The molecule has 0 aromatic carbocycles. The van der Waals surface area contributed by atoms with Gasteiger partial charge in [0, 0.05) is 33.4 Å². The molecule has 1 rings (SSSR count). The number of hydrogen-bond acceptors (Lipinski definition) is 5. The van der Waals surface area contributed by atoms with Crippen LogP contribution in [0.2, 0.25) is 0 Å². The molecular formula is C10H18N4O3. The van der Waals surface area contributed by atoms with E-state index in [0.717, 1.165) is 0 Å². The van der Waals surface area contributed by atoms with Crippen LogP contribution in [0.5, 0.6) is 0 Å². The third kappa shape index (κ3) is 4.04. The first-order chi connectivity index (χ1) is 8.19. The maximum Gasteiger partial charge on any atom is 0.272 e. The van der Waals surface area contributed by atoms with Crippen LogP contribution in [-0.2, 0) is 9.47 Å². The fourth-order valence-electron chi connectivity index (χ4n) is 1.33. The van der Waals surface area contributed by atoms with Gasteiger partial charge in [-0.2, -0.15) is 5.10 Å². The Balaban J connectivity index is 2.64. The van der Waals surface area contributed by atoms with Crippen LogP contribution in [0.4, 0.5) is 5.82 Å². The van der Waals surface area contributed by atoms with Gasteiger partial charge < -0.3 is 20.1 Å². The lowest BCUT2D eigenvalue weighted by Crippen LogP contribution is -2.36. The van der Waals surface area contributed by atoms with E-state index in [9.17, 15) is 4.79 Å². The van der Waals surface area contributed by atoms with Gasteiger partial charge in [-0.25, -0.2) is 0 Å². The maximum atomic E-state index is 12.1. The van der Waals surface area contributed by atoms with Crippen molar-refractivity contribution in [3.05, 3.63) is 11.8 Å². The van der Waals surface area contributed by atoms with E-state index in [-0.39, 0.29) is 5.91 Å². The zero-order valence-electron chi connectivity index (χ0n) is 10.1. The van der Waals surface area contributed by atoms with Crippen LogP contribution in [0.3, 0.4) is 0 Å². The molecule has 0 aliphatic rings. The SMILES string of the molecule is COCCN(CCOC)C(=O)c1cc(N)n[nH]1. The Morgan fingerprint density at radius 3 is 2.41 bits per heavy atom. The summed E-state index contributed by atoms with van der Waals surface area (Å²) in [5, 5.41) is 6.31. The van der Waals surface area contributed by atoms with E-state index >= 15 is 0 Å². The van der Waals surface area contributed by atoms with E-state index in [1.165, 1.54) is 6.07 Å². The Kier molecular flexibility index (Phi) is 5.44. The normalized spacial score (nSPS) is 10.5. The van der Waals surface area contributed by atoms with Gasteiger partial charge in [-0.3, -0.25) is 9.89 Å². The van der Waals surface area contributed by atoms with Gasteiger partial charge in [-0.1, -0.05) is 0 Å². The minimum Gasteiger partial charge on any atom is -0.383 e. The van der Waals surface area contributed by atoms with Gasteiger partial charge in [0.2, 0.25) is 0 Å². The topological polar surface area (TPSA) is 93.5 Å². The molecule has 0 aliphatic carbocycles. The number of nitrogen functional groups attached to an aromatic ring is 1. The largest absolute Gasteiger partial charge is 0.383 e. The van der Waals surface area contributed by atoms with Gasteiger partial charge in [-0.15, -0.1) is 0 Å². The van der Waals surface area contributed by atoms with Gasteiger partial charge in [0.25, 0.3) is 5.91 Å². The van der Waals surface area contributed by atoms with Crippen LogP contribution in [0.15, 0.2) is 6.07 Å². The van der Waals surface area contributed by atoms with Gasteiger partial charge in [0.1, 0.15) is 11.5 Å². The predicted octanol–water partition coefficient (Wildman–Crippen LogP) is -0.273. The first-order valence-electron chi connectivity index (χ1n) is 5.27. The first kappa shape index (κ1) is 13.5. The summed E-state index contributed by atoms with van der Waals surface area (Å²) in [6, 6.07) is 1.51. The summed E-state index contributed by atoms with van der Waals surface area (Å²) in [5.74, 6) is 0.134. The lowest BCUT2D eigenvalue weighted by Gasteiger charge is -2.21. The zero-order chi connectivity index (χ0) is 12.7. The molecule has 0 bridgehead atoms. The van der Waals surface area contributed by atoms with E-state index < -0.39 is 0 Å². The third-order valence-corrected chi connectivity index (χ3v) is 2.25. The number of methoxy groups -OCH3 is 2. The monoisotopic (exact) mass is 242 g/mol. The number of rotatable bonds is 7. The molecule has 7 nitrogen and oxygen atoms in total. The Bertz CT molecular complexity index is 345. The summed E-state index contributed by atoms with van der Waals surface area (Å²) >= 11 is 0. The molecule has 0 aliphatic heterocycles. The highest BCUT2D eigenvalue weighted by atomic mass is 16.5. The fourth-order valence-corrected chi connectivity index (χ4v) is 1.33. The van der Waals surface area contributed by atoms with Gasteiger partial charge in [0.05, 0.1) is 13.2 Å². The molecule has 7 heteroatoms. The van der Waals surface area contributed by atoms with Gasteiger partial charge in [-0.05, 0) is 0 Å². The second-order valence-corrected chi connectivity index (χ2v) is 3.48. The highest BCUT2D eigenvalue weighted by Crippen LogP contribution is 2.05. The number of H-pyrrole nitrogens is 1. The number of nitrogens with two attached hydrogens (primary N) is 1. The summed E-state index contributed by atoms with van der Waals surface area (Å²) in [5.41, 5.74) is 5.82. The molecule has 1 amide bonds. The lowest BCUT2D eigenvalue weighted by atomic mass is 10.3. The molecule has 1 heterocycles. The van der Waals surface area contributed by atoms with Crippen molar-refractivity contribution in [1.82, 2.24) is 15.1 Å². The number of ether oxygens (including phenoxy) is 2. The number of carbonyl (C=O) groups is 1. The molecule has 1 aromatic heterocycles. The highest BCUT2D eigenvalue weighted by molar-refractivity contribution is 5.92. The Labute approximate surface area is 99.9 Å². The molecule has 0 unspecified atom stereocenters. The van der Waals surface area contributed by atoms with Crippen molar-refractivity contribution in [3.63, 3.8) is 0 Å². The van der Waals surface area contributed by atoms with Crippen LogP contribution in [0.1, 0.15) is 10.5 Å². The van der Waals surface area contributed by atoms with E-state index in [4.69, 9.17) is 15.2 Å². The van der Waals surface area contributed by atoms with Crippen molar-refractivity contribution in [3.8, 4) is 0 Å². The molecule has 0 atom stereocenters. The maximum absolute atomic E-state index is 12.1. The van der Waals surface area contributed by atoms with Crippen LogP contribution in [0, 0.1) is 0 Å². The van der Waals surface area contributed by atoms with Crippen molar-refractivity contribution in [2.24, 2.45) is 0 Å². The Hall–Kier alpha value is -1.60. The van der Waals surface area contributed by atoms with E-state index in [1.54, 1.807) is 19.1 Å². The average molecular weight is 242 g/mol. The average Bonchev–Trinajstić information content (AvgIpc) is 2.75. The van der Waals surface area contributed by atoms with Crippen molar-refractivity contribution in [1.29, 1.82) is 0 Å². The number of aromatic amines is 1. The highest BCUT2D eigenvalue weighted by Gasteiger charge is 2.17. The number of aromatic nitrogens is 2. The molecule has 17 heavy (non-hydrogen) atoms. The number of nitrogens with one attached hydrogen (secondary N) is 1. The summed E-state index contributed by atoms with van der Waals surface area (Å²) < 4.78 is 9.92. The molecule has 3 N–H and O–H groups in total. The molecule has 0 fully saturated rings. The Morgan fingerprint density at radius 1 is 1.41 bits per heavy atom. The van der Waals surface area contributed by atoms with Crippen LogP contribution < -0.4 is 5.73 Å². The van der Waals surface area contributed by atoms with Crippen molar-refractivity contribution in [2.45, 2.75) is 0 Å². The molecule has 0 saturated carbocycles. The van der Waals surface area contributed by atoms with Crippen LogP contribution >= 0.6 is 0 Å². The predicted molar refractivity (Wildman–Crippen MR) is 62.7 cm³/mol. The molecule has 0 saturated heterocycles. The third-order valence-electron chi connectivity index (χ3n) is 2.25. The number of nitrogens with zero attached hydrogens (tertiary/aromatic N) is 2. The molecule has 0 radical (unpaired) electrons. The smallest absolute Gasteiger partial charge is 0.272 e. The van der Waals surface area contributed by atoms with Crippen molar-refractivity contribution < 1.29 is 14.3 Å². The fraction of sp³-hybridized carbons (Fsp3) is 0.600. The molecule has 1 aromatic rings. The van der Waals surface area contributed by atoms with E-state index in [2.05, 4.69) is 10.2 Å². The standard InChI is InChI=1S/C10H18N4O3/c1-16-5-3-14(4-6-17-2)10(15)8-7-9(11)13-12-8/h7H,3-6H2,1-2H3,(H3,11,12,13). The number of anilines is 1. The van der Waals surface area contributed by atoms with E-state index in [1.807, 2.05) is 0 Å². The number of amides is 1. The zero-order valence-corrected chi connectivity index (χ0v) is 10.1. The van der Waals surface area contributed by atoms with Crippen LogP contribution in [0.25, 0.3) is 0 Å². The molecule has 96 valence electrons. The minimum absolute atomic E-state index is 0.164. The Morgan fingerprint density at radius 2 is 2.00 bits per heavy atom.